The first-order chi connectivity index (χ1) is 9.66. The second-order valence-corrected chi connectivity index (χ2v) is 5.13. The molecule has 20 heavy (non-hydrogen) atoms. The summed E-state index contributed by atoms with van der Waals surface area (Å²) in [4.78, 5) is 16.7. The molecule has 2 nitrogen and oxygen atoms in total. The summed E-state index contributed by atoms with van der Waals surface area (Å²) in [6.07, 6.45) is 1.70. The molecule has 1 heterocycles. The number of pyridine rings is 1. The van der Waals surface area contributed by atoms with Crippen molar-refractivity contribution in [1.82, 2.24) is 4.98 Å². The first kappa shape index (κ1) is 12.9. The van der Waals surface area contributed by atoms with Crippen LogP contribution in [0, 0.1) is 5.82 Å². The van der Waals surface area contributed by atoms with E-state index in [0.29, 0.717) is 11.1 Å². The van der Waals surface area contributed by atoms with Crippen LogP contribution in [0.3, 0.4) is 0 Å². The Morgan fingerprint density at radius 2 is 1.95 bits per heavy atom. The molecule has 0 aliphatic heterocycles. The number of carbonyl (C=O) groups is 1. The number of rotatable bonds is 2. The van der Waals surface area contributed by atoms with E-state index in [0.717, 1.165) is 10.9 Å². The smallest absolute Gasteiger partial charge is 0.194 e. The summed E-state index contributed by atoms with van der Waals surface area (Å²) < 4.78 is 13.7. The lowest BCUT2D eigenvalue weighted by molar-refractivity contribution is 0.103. The highest BCUT2D eigenvalue weighted by molar-refractivity contribution is 9.10. The molecule has 3 rings (SSSR count). The number of ketones is 1. The highest BCUT2D eigenvalue weighted by Crippen LogP contribution is 2.24. The number of hydrogen-bond acceptors (Lipinski definition) is 2. The van der Waals surface area contributed by atoms with E-state index in [4.69, 9.17) is 0 Å². The van der Waals surface area contributed by atoms with Crippen LogP contribution in [0.2, 0.25) is 0 Å². The number of fused-ring (bicyclic) bond motifs is 1. The van der Waals surface area contributed by atoms with Crippen molar-refractivity contribution in [2.45, 2.75) is 0 Å². The van der Waals surface area contributed by atoms with Gasteiger partial charge in [-0.1, -0.05) is 12.1 Å². The van der Waals surface area contributed by atoms with Crippen LogP contribution in [0.25, 0.3) is 10.9 Å². The van der Waals surface area contributed by atoms with Gasteiger partial charge in [0.25, 0.3) is 0 Å². The number of hydrogen-bond donors (Lipinski definition) is 0. The summed E-state index contributed by atoms with van der Waals surface area (Å²) in [7, 11) is 0. The van der Waals surface area contributed by atoms with Crippen molar-refractivity contribution in [2.24, 2.45) is 0 Å². The number of carbonyl (C=O) groups excluding carboxylic acids is 1. The van der Waals surface area contributed by atoms with Crippen molar-refractivity contribution in [3.05, 3.63) is 76.1 Å². The molecule has 0 saturated heterocycles. The third-order valence-electron chi connectivity index (χ3n) is 3.06. The van der Waals surface area contributed by atoms with E-state index in [1.165, 1.54) is 12.1 Å². The average molecular weight is 330 g/mol. The van der Waals surface area contributed by atoms with E-state index in [9.17, 15) is 9.18 Å². The van der Waals surface area contributed by atoms with Crippen molar-refractivity contribution in [2.75, 3.05) is 0 Å². The van der Waals surface area contributed by atoms with E-state index in [2.05, 4.69) is 20.9 Å². The minimum Gasteiger partial charge on any atom is -0.289 e. The van der Waals surface area contributed by atoms with Crippen LogP contribution in [-0.2, 0) is 0 Å². The van der Waals surface area contributed by atoms with Crippen molar-refractivity contribution in [1.29, 1.82) is 0 Å². The van der Waals surface area contributed by atoms with E-state index in [1.807, 2.05) is 12.1 Å². The van der Waals surface area contributed by atoms with Crippen LogP contribution in [0.1, 0.15) is 15.9 Å². The van der Waals surface area contributed by atoms with Gasteiger partial charge in [-0.2, -0.15) is 0 Å². The zero-order valence-electron chi connectivity index (χ0n) is 10.3. The fourth-order valence-electron chi connectivity index (χ4n) is 2.05. The maximum Gasteiger partial charge on any atom is 0.194 e. The highest BCUT2D eigenvalue weighted by atomic mass is 79.9. The normalized spacial score (nSPS) is 10.7. The highest BCUT2D eigenvalue weighted by Gasteiger charge is 2.15. The lowest BCUT2D eigenvalue weighted by Crippen LogP contribution is -2.03. The molecule has 0 N–H and O–H groups in total. The second-order valence-electron chi connectivity index (χ2n) is 4.34. The molecule has 98 valence electrons. The summed E-state index contributed by atoms with van der Waals surface area (Å²) in [5, 5.41) is 0.880. The standard InChI is InChI=1S/C16H9BrFNO/c17-15-12(4-1-5-13(15)18)16(20)11-6-7-14-10(9-11)3-2-8-19-14/h1-9H. The topological polar surface area (TPSA) is 30.0 Å². The van der Waals surface area contributed by atoms with Crippen LogP contribution < -0.4 is 0 Å². The fraction of sp³-hybridized carbons (Fsp3) is 0. The Hall–Kier alpha value is -2.07. The van der Waals surface area contributed by atoms with Crippen LogP contribution >= 0.6 is 15.9 Å². The molecule has 2 aromatic carbocycles. The Bertz CT molecular complexity index is 816. The number of benzene rings is 2. The first-order valence-corrected chi connectivity index (χ1v) is 6.79. The molecule has 0 saturated carbocycles. The van der Waals surface area contributed by atoms with Crippen LogP contribution in [0.15, 0.2) is 59.2 Å². The summed E-state index contributed by atoms with van der Waals surface area (Å²) in [6.45, 7) is 0. The summed E-state index contributed by atoms with van der Waals surface area (Å²) in [6, 6.07) is 13.4. The minimum atomic E-state index is -0.446. The van der Waals surface area contributed by atoms with Crippen molar-refractivity contribution in [3.63, 3.8) is 0 Å². The molecule has 1 aromatic heterocycles. The molecular weight excluding hydrogens is 321 g/mol. The molecule has 4 heteroatoms. The van der Waals surface area contributed by atoms with Crippen LogP contribution in [-0.4, -0.2) is 10.8 Å². The van der Waals surface area contributed by atoms with Crippen molar-refractivity contribution < 1.29 is 9.18 Å². The second kappa shape index (κ2) is 5.13. The maximum atomic E-state index is 13.5. The summed E-state index contributed by atoms with van der Waals surface area (Å²) >= 11 is 3.12. The summed E-state index contributed by atoms with van der Waals surface area (Å²) in [5.41, 5.74) is 1.65. The molecule has 3 aromatic rings. The van der Waals surface area contributed by atoms with E-state index in [-0.39, 0.29) is 10.3 Å². The van der Waals surface area contributed by atoms with Gasteiger partial charge in [0.15, 0.2) is 5.78 Å². The van der Waals surface area contributed by atoms with Gasteiger partial charge in [0.2, 0.25) is 0 Å². The monoisotopic (exact) mass is 329 g/mol. The minimum absolute atomic E-state index is 0.191. The molecule has 0 unspecified atom stereocenters. The molecule has 0 bridgehead atoms. The van der Waals surface area contributed by atoms with Gasteiger partial charge in [0.05, 0.1) is 9.99 Å². The van der Waals surface area contributed by atoms with E-state index in [1.54, 1.807) is 30.5 Å². The molecule has 0 atom stereocenters. The molecular formula is C16H9BrFNO. The third-order valence-corrected chi connectivity index (χ3v) is 3.87. The predicted molar refractivity (Wildman–Crippen MR) is 79.3 cm³/mol. The molecule has 0 amide bonds. The Labute approximate surface area is 123 Å². The first-order valence-electron chi connectivity index (χ1n) is 6.00. The van der Waals surface area contributed by atoms with Crippen LogP contribution in [0.4, 0.5) is 4.39 Å². The van der Waals surface area contributed by atoms with Gasteiger partial charge in [0, 0.05) is 22.7 Å². The number of aromatic nitrogens is 1. The Kier molecular flexibility index (Phi) is 3.32. The molecule has 0 fully saturated rings. The number of nitrogens with zero attached hydrogens (tertiary/aromatic N) is 1. The lowest BCUT2D eigenvalue weighted by Gasteiger charge is -2.05. The Morgan fingerprint density at radius 3 is 2.80 bits per heavy atom. The van der Waals surface area contributed by atoms with Gasteiger partial charge < -0.3 is 0 Å². The lowest BCUT2D eigenvalue weighted by atomic mass is 10.0. The van der Waals surface area contributed by atoms with E-state index < -0.39 is 5.82 Å². The van der Waals surface area contributed by atoms with Gasteiger partial charge in [-0.25, -0.2) is 4.39 Å². The van der Waals surface area contributed by atoms with Gasteiger partial charge in [-0.15, -0.1) is 0 Å². The van der Waals surface area contributed by atoms with E-state index >= 15 is 0 Å². The van der Waals surface area contributed by atoms with Gasteiger partial charge in [-0.05, 0) is 52.3 Å². The van der Waals surface area contributed by atoms with Crippen molar-refractivity contribution >= 4 is 32.6 Å². The summed E-state index contributed by atoms with van der Waals surface area (Å²) in [5.74, 6) is -0.666. The third kappa shape index (κ3) is 2.23. The quantitative estimate of drug-likeness (QED) is 0.653. The fourth-order valence-corrected chi connectivity index (χ4v) is 2.50. The SMILES string of the molecule is O=C(c1ccc2ncccc2c1)c1cccc(F)c1Br. The Morgan fingerprint density at radius 1 is 1.10 bits per heavy atom. The Balaban J connectivity index is 2.10. The maximum absolute atomic E-state index is 13.5. The largest absolute Gasteiger partial charge is 0.289 e. The average Bonchev–Trinajstić information content (AvgIpc) is 2.49. The molecule has 0 spiro atoms. The van der Waals surface area contributed by atoms with Crippen molar-refractivity contribution in [3.8, 4) is 0 Å². The predicted octanol–water partition coefficient (Wildman–Crippen LogP) is 4.37. The molecule has 0 aliphatic carbocycles. The zero-order chi connectivity index (χ0) is 14.1. The van der Waals surface area contributed by atoms with Gasteiger partial charge in [-0.3, -0.25) is 9.78 Å². The molecule has 0 radical (unpaired) electrons. The number of halogens is 2. The van der Waals surface area contributed by atoms with Gasteiger partial charge in [0.1, 0.15) is 5.82 Å². The van der Waals surface area contributed by atoms with Crippen LogP contribution in [0.5, 0.6) is 0 Å². The van der Waals surface area contributed by atoms with Gasteiger partial charge >= 0.3 is 0 Å². The molecule has 0 aliphatic rings. The zero-order valence-corrected chi connectivity index (χ0v) is 11.9.